The summed E-state index contributed by atoms with van der Waals surface area (Å²) in [6.07, 6.45) is 3.24. The summed E-state index contributed by atoms with van der Waals surface area (Å²) in [4.78, 5) is 2.48. The molecule has 0 aliphatic carbocycles. The summed E-state index contributed by atoms with van der Waals surface area (Å²) in [5.74, 6) is 1.71. The van der Waals surface area contributed by atoms with Gasteiger partial charge in [0.15, 0.2) is 0 Å². The third-order valence-electron chi connectivity index (χ3n) is 5.42. The van der Waals surface area contributed by atoms with E-state index in [2.05, 4.69) is 46.0 Å². The van der Waals surface area contributed by atoms with Gasteiger partial charge >= 0.3 is 0 Å². The number of rotatable bonds is 5. The zero-order chi connectivity index (χ0) is 19.5. The molecular formula is C23H25ClN2O2. The molecule has 0 N–H and O–H groups in total. The number of hydrogen-bond acceptors (Lipinski definition) is 3. The Kier molecular flexibility index (Phi) is 5.60. The number of aryl methyl sites for hydroxylation is 1. The smallest absolute Gasteiger partial charge is 0.123 e. The van der Waals surface area contributed by atoms with Crippen molar-refractivity contribution in [3.63, 3.8) is 0 Å². The van der Waals surface area contributed by atoms with Crippen LogP contribution in [-0.4, -0.2) is 30.2 Å². The third kappa shape index (κ3) is 3.62. The fourth-order valence-electron chi connectivity index (χ4n) is 4.09. The van der Waals surface area contributed by atoms with Crippen LogP contribution >= 0.6 is 11.6 Å². The first kappa shape index (κ1) is 18.9. The number of ether oxygens (including phenoxy) is 2. The molecule has 2 heterocycles. The van der Waals surface area contributed by atoms with E-state index in [0.29, 0.717) is 0 Å². The van der Waals surface area contributed by atoms with Crippen molar-refractivity contribution >= 4 is 11.6 Å². The molecule has 4 rings (SSSR count). The van der Waals surface area contributed by atoms with Gasteiger partial charge in [-0.25, -0.2) is 0 Å². The van der Waals surface area contributed by atoms with Gasteiger partial charge in [0.1, 0.15) is 11.5 Å². The van der Waals surface area contributed by atoms with Crippen LogP contribution in [0.4, 0.5) is 0 Å². The van der Waals surface area contributed by atoms with Crippen LogP contribution in [0.15, 0.2) is 60.8 Å². The molecule has 0 saturated carbocycles. The Bertz CT molecular complexity index is 953. The van der Waals surface area contributed by atoms with Gasteiger partial charge in [0, 0.05) is 42.1 Å². The molecule has 0 fully saturated rings. The number of benzene rings is 2. The summed E-state index contributed by atoms with van der Waals surface area (Å²) in [6.45, 7) is 2.73. The minimum Gasteiger partial charge on any atom is -0.497 e. The molecule has 0 bridgehead atoms. The fourth-order valence-corrected chi connectivity index (χ4v) is 4.33. The van der Waals surface area contributed by atoms with Gasteiger partial charge in [-0.1, -0.05) is 29.8 Å². The summed E-state index contributed by atoms with van der Waals surface area (Å²) in [6, 6.07) is 18.5. The van der Waals surface area contributed by atoms with E-state index in [-0.39, 0.29) is 6.04 Å². The Morgan fingerprint density at radius 2 is 1.86 bits per heavy atom. The summed E-state index contributed by atoms with van der Waals surface area (Å²) < 4.78 is 13.4. The van der Waals surface area contributed by atoms with Crippen LogP contribution in [0, 0.1) is 0 Å². The van der Waals surface area contributed by atoms with E-state index in [9.17, 15) is 0 Å². The van der Waals surface area contributed by atoms with E-state index >= 15 is 0 Å². The Labute approximate surface area is 171 Å². The van der Waals surface area contributed by atoms with Crippen molar-refractivity contribution in [1.29, 1.82) is 0 Å². The van der Waals surface area contributed by atoms with Crippen LogP contribution in [0.3, 0.4) is 0 Å². The zero-order valence-electron chi connectivity index (χ0n) is 16.3. The monoisotopic (exact) mass is 396 g/mol. The maximum absolute atomic E-state index is 6.64. The van der Waals surface area contributed by atoms with Crippen molar-refractivity contribution in [1.82, 2.24) is 9.47 Å². The predicted octanol–water partition coefficient (Wildman–Crippen LogP) is 5.15. The normalized spacial score (nSPS) is 17.0. The van der Waals surface area contributed by atoms with E-state index in [1.165, 1.54) is 5.69 Å². The minimum atomic E-state index is 0.0853. The highest BCUT2D eigenvalue weighted by molar-refractivity contribution is 6.31. The molecule has 28 heavy (non-hydrogen) atoms. The molecule has 2 aromatic carbocycles. The Hall–Kier alpha value is -2.43. The van der Waals surface area contributed by atoms with E-state index in [1.54, 1.807) is 14.2 Å². The predicted molar refractivity (Wildman–Crippen MR) is 112 cm³/mol. The lowest BCUT2D eigenvalue weighted by molar-refractivity contribution is 0.217. The molecule has 0 radical (unpaired) electrons. The summed E-state index contributed by atoms with van der Waals surface area (Å²) in [7, 11) is 3.40. The van der Waals surface area contributed by atoms with Crippen molar-refractivity contribution < 1.29 is 9.47 Å². The molecule has 1 atom stereocenters. The second-order valence-electron chi connectivity index (χ2n) is 7.05. The average Bonchev–Trinajstić information content (AvgIpc) is 3.10. The number of fused-ring (bicyclic) bond motifs is 1. The van der Waals surface area contributed by atoms with Gasteiger partial charge in [-0.2, -0.15) is 0 Å². The number of hydrogen-bond donors (Lipinski definition) is 0. The van der Waals surface area contributed by atoms with Gasteiger partial charge in [-0.15, -0.1) is 0 Å². The third-order valence-corrected chi connectivity index (χ3v) is 5.76. The molecule has 3 aromatic rings. The van der Waals surface area contributed by atoms with Crippen LogP contribution in [-0.2, 0) is 13.1 Å². The van der Waals surface area contributed by atoms with E-state index in [1.807, 2.05) is 24.3 Å². The van der Waals surface area contributed by atoms with E-state index in [0.717, 1.165) is 53.7 Å². The maximum atomic E-state index is 6.64. The molecule has 1 unspecified atom stereocenters. The number of nitrogens with zero attached hydrogens (tertiary/aromatic N) is 2. The van der Waals surface area contributed by atoms with Crippen LogP contribution in [0.1, 0.15) is 29.3 Å². The first-order valence-electron chi connectivity index (χ1n) is 9.55. The SMILES string of the molecule is COc1ccc(OC)c(CN2CCCn3cccc3C2c2ccccc2Cl)c1. The van der Waals surface area contributed by atoms with Gasteiger partial charge in [0.25, 0.3) is 0 Å². The quantitative estimate of drug-likeness (QED) is 0.596. The van der Waals surface area contributed by atoms with Crippen molar-refractivity contribution in [2.24, 2.45) is 0 Å². The van der Waals surface area contributed by atoms with Gasteiger partial charge in [-0.05, 0) is 48.4 Å². The second-order valence-corrected chi connectivity index (χ2v) is 7.46. The molecule has 1 aromatic heterocycles. The van der Waals surface area contributed by atoms with Crippen LogP contribution < -0.4 is 9.47 Å². The van der Waals surface area contributed by atoms with Crippen molar-refractivity contribution in [2.45, 2.75) is 25.6 Å². The zero-order valence-corrected chi connectivity index (χ0v) is 17.0. The Balaban J connectivity index is 1.78. The van der Waals surface area contributed by atoms with Gasteiger partial charge < -0.3 is 14.0 Å². The van der Waals surface area contributed by atoms with Gasteiger partial charge in [-0.3, -0.25) is 4.90 Å². The lowest BCUT2D eigenvalue weighted by Gasteiger charge is -2.31. The molecule has 0 saturated heterocycles. The summed E-state index contributed by atoms with van der Waals surface area (Å²) in [5.41, 5.74) is 3.51. The van der Waals surface area contributed by atoms with Crippen molar-refractivity contribution in [2.75, 3.05) is 20.8 Å². The largest absolute Gasteiger partial charge is 0.497 e. The molecule has 4 nitrogen and oxygen atoms in total. The van der Waals surface area contributed by atoms with Crippen LogP contribution in [0.5, 0.6) is 11.5 Å². The molecule has 5 heteroatoms. The fraction of sp³-hybridized carbons (Fsp3) is 0.304. The highest BCUT2D eigenvalue weighted by Gasteiger charge is 2.29. The number of aromatic nitrogens is 1. The van der Waals surface area contributed by atoms with Crippen LogP contribution in [0.25, 0.3) is 0 Å². The first-order chi connectivity index (χ1) is 13.7. The second kappa shape index (κ2) is 8.29. The summed E-state index contributed by atoms with van der Waals surface area (Å²) >= 11 is 6.64. The molecule has 1 aliphatic rings. The first-order valence-corrected chi connectivity index (χ1v) is 9.93. The maximum Gasteiger partial charge on any atom is 0.123 e. The highest BCUT2D eigenvalue weighted by Crippen LogP contribution is 2.37. The summed E-state index contributed by atoms with van der Waals surface area (Å²) in [5, 5.41) is 0.796. The molecular weight excluding hydrogens is 372 g/mol. The van der Waals surface area contributed by atoms with E-state index < -0.39 is 0 Å². The molecule has 1 aliphatic heterocycles. The Morgan fingerprint density at radius 1 is 1.00 bits per heavy atom. The van der Waals surface area contributed by atoms with Gasteiger partial charge in [0.05, 0.1) is 20.3 Å². The topological polar surface area (TPSA) is 26.6 Å². The number of methoxy groups -OCH3 is 2. The average molecular weight is 397 g/mol. The van der Waals surface area contributed by atoms with Crippen molar-refractivity contribution in [3.05, 3.63) is 82.6 Å². The van der Waals surface area contributed by atoms with Gasteiger partial charge in [0.2, 0.25) is 0 Å². The van der Waals surface area contributed by atoms with E-state index in [4.69, 9.17) is 21.1 Å². The highest BCUT2D eigenvalue weighted by atomic mass is 35.5. The van der Waals surface area contributed by atoms with Crippen molar-refractivity contribution in [3.8, 4) is 11.5 Å². The number of halogens is 1. The standard InChI is InChI=1S/C23H25ClN2O2/c1-27-18-10-11-22(28-2)17(15-18)16-26-14-6-13-25-12-5-9-21(25)23(26)19-7-3-4-8-20(19)24/h3-5,7-12,15,23H,6,13-14,16H2,1-2H3. The molecule has 0 spiro atoms. The Morgan fingerprint density at radius 3 is 2.64 bits per heavy atom. The minimum absolute atomic E-state index is 0.0853. The van der Waals surface area contributed by atoms with Crippen LogP contribution in [0.2, 0.25) is 5.02 Å². The lowest BCUT2D eigenvalue weighted by atomic mass is 10.0. The molecule has 0 amide bonds. The lowest BCUT2D eigenvalue weighted by Crippen LogP contribution is -2.30. The molecule has 146 valence electrons.